The fourth-order valence-electron chi connectivity index (χ4n) is 2.85. The molecule has 0 bridgehead atoms. The van der Waals surface area contributed by atoms with Crippen LogP contribution in [0.5, 0.6) is 0 Å². The van der Waals surface area contributed by atoms with Crippen molar-refractivity contribution < 1.29 is 13.2 Å². The minimum Gasteiger partial charge on any atom is -0.314 e. The fourth-order valence-corrected chi connectivity index (χ4v) is 4.54. The Balaban J connectivity index is 1.94. The maximum atomic E-state index is 13.3. The van der Waals surface area contributed by atoms with E-state index in [9.17, 15) is 13.2 Å². The lowest BCUT2D eigenvalue weighted by Crippen LogP contribution is -2.41. The van der Waals surface area contributed by atoms with E-state index in [2.05, 4.69) is 0 Å². The third-order valence-electron chi connectivity index (χ3n) is 4.59. The Labute approximate surface area is 186 Å². The highest BCUT2D eigenvalue weighted by Gasteiger charge is 2.28. The average Bonchev–Trinajstić information content (AvgIpc) is 2.75. The lowest BCUT2D eigenvalue weighted by molar-refractivity contribution is -0.118. The molecule has 3 aromatic carbocycles. The van der Waals surface area contributed by atoms with Crippen LogP contribution in [0.2, 0.25) is 10.0 Å². The molecule has 0 spiro atoms. The van der Waals surface area contributed by atoms with Gasteiger partial charge in [0, 0.05) is 29.3 Å². The summed E-state index contributed by atoms with van der Waals surface area (Å²) in [6.45, 7) is -0.388. The Morgan fingerprint density at radius 3 is 2.10 bits per heavy atom. The van der Waals surface area contributed by atoms with Crippen LogP contribution in [0.15, 0.2) is 83.8 Å². The van der Waals surface area contributed by atoms with E-state index < -0.39 is 10.0 Å². The molecular formula is C22H20Cl2N2O3S. The normalized spacial score (nSPS) is 11.5. The van der Waals surface area contributed by atoms with Crippen molar-refractivity contribution in [1.82, 2.24) is 4.31 Å². The Morgan fingerprint density at radius 1 is 0.867 bits per heavy atom. The Morgan fingerprint density at radius 2 is 1.47 bits per heavy atom. The van der Waals surface area contributed by atoms with Gasteiger partial charge in [0.15, 0.2) is 0 Å². The topological polar surface area (TPSA) is 57.7 Å². The first-order chi connectivity index (χ1) is 14.3. The van der Waals surface area contributed by atoms with Gasteiger partial charge in [-0.1, -0.05) is 59.6 Å². The van der Waals surface area contributed by atoms with Crippen molar-refractivity contribution in [1.29, 1.82) is 0 Å². The molecule has 3 aromatic rings. The zero-order valence-corrected chi connectivity index (χ0v) is 18.5. The number of anilines is 1. The molecule has 0 unspecified atom stereocenters. The molecule has 0 aromatic heterocycles. The largest absolute Gasteiger partial charge is 0.314 e. The quantitative estimate of drug-likeness (QED) is 0.504. The van der Waals surface area contributed by atoms with Crippen LogP contribution in [-0.2, 0) is 21.4 Å². The molecule has 0 heterocycles. The second kappa shape index (κ2) is 9.62. The number of carbonyl (C=O) groups excluding carboxylic acids is 1. The van der Waals surface area contributed by atoms with E-state index >= 15 is 0 Å². The number of para-hydroxylation sites is 1. The highest BCUT2D eigenvalue weighted by atomic mass is 35.5. The van der Waals surface area contributed by atoms with Gasteiger partial charge in [-0.2, -0.15) is 4.31 Å². The fraction of sp³-hybridized carbons (Fsp3) is 0.136. The molecule has 1 amide bonds. The van der Waals surface area contributed by atoms with Gasteiger partial charge in [-0.15, -0.1) is 0 Å². The number of hydrogen-bond acceptors (Lipinski definition) is 3. The van der Waals surface area contributed by atoms with E-state index in [1.807, 2.05) is 18.2 Å². The Bertz CT molecular complexity index is 1120. The number of halogens is 2. The van der Waals surface area contributed by atoms with Crippen molar-refractivity contribution in [3.63, 3.8) is 0 Å². The SMILES string of the molecule is CN(C(=O)CN(Cc1ccccc1Cl)S(=O)(=O)c1ccc(Cl)cc1)c1ccccc1. The summed E-state index contributed by atoms with van der Waals surface area (Å²) in [5.41, 5.74) is 1.27. The van der Waals surface area contributed by atoms with Gasteiger partial charge >= 0.3 is 0 Å². The van der Waals surface area contributed by atoms with Gasteiger partial charge in [-0.25, -0.2) is 8.42 Å². The summed E-state index contributed by atoms with van der Waals surface area (Å²) in [6.07, 6.45) is 0. The molecular weight excluding hydrogens is 443 g/mol. The van der Waals surface area contributed by atoms with Gasteiger partial charge < -0.3 is 4.90 Å². The van der Waals surface area contributed by atoms with E-state index in [4.69, 9.17) is 23.2 Å². The summed E-state index contributed by atoms with van der Waals surface area (Å²) >= 11 is 12.1. The van der Waals surface area contributed by atoms with Crippen LogP contribution in [0, 0.1) is 0 Å². The molecule has 0 N–H and O–H groups in total. The lowest BCUT2D eigenvalue weighted by Gasteiger charge is -2.25. The van der Waals surface area contributed by atoms with Crippen LogP contribution < -0.4 is 4.90 Å². The predicted molar refractivity (Wildman–Crippen MR) is 120 cm³/mol. The third kappa shape index (κ3) is 5.21. The molecule has 0 saturated carbocycles. The Kier molecular flexibility index (Phi) is 7.15. The molecule has 3 rings (SSSR count). The van der Waals surface area contributed by atoms with E-state index in [0.717, 1.165) is 4.31 Å². The zero-order chi connectivity index (χ0) is 21.7. The van der Waals surface area contributed by atoms with Crippen molar-refractivity contribution in [3.05, 3.63) is 94.5 Å². The molecule has 0 aliphatic heterocycles. The summed E-state index contributed by atoms with van der Waals surface area (Å²) in [5, 5.41) is 0.851. The van der Waals surface area contributed by atoms with Crippen molar-refractivity contribution in [3.8, 4) is 0 Å². The van der Waals surface area contributed by atoms with Gasteiger partial charge in [0.2, 0.25) is 15.9 Å². The number of amides is 1. The summed E-state index contributed by atoms with van der Waals surface area (Å²) < 4.78 is 27.8. The minimum atomic E-state index is -3.98. The van der Waals surface area contributed by atoms with Crippen LogP contribution in [0.1, 0.15) is 5.56 Å². The van der Waals surface area contributed by atoms with Crippen LogP contribution in [-0.4, -0.2) is 32.2 Å². The number of rotatable bonds is 7. The van der Waals surface area contributed by atoms with Crippen LogP contribution >= 0.6 is 23.2 Å². The second-order valence-electron chi connectivity index (χ2n) is 6.61. The maximum Gasteiger partial charge on any atom is 0.243 e. The van der Waals surface area contributed by atoms with E-state index in [1.165, 1.54) is 29.2 Å². The van der Waals surface area contributed by atoms with Crippen molar-refractivity contribution >= 4 is 44.8 Å². The van der Waals surface area contributed by atoms with E-state index in [0.29, 0.717) is 21.3 Å². The van der Waals surface area contributed by atoms with Gasteiger partial charge in [0.05, 0.1) is 11.4 Å². The monoisotopic (exact) mass is 462 g/mol. The number of sulfonamides is 1. The zero-order valence-electron chi connectivity index (χ0n) is 16.2. The summed E-state index contributed by atoms with van der Waals surface area (Å²) in [7, 11) is -2.36. The molecule has 30 heavy (non-hydrogen) atoms. The minimum absolute atomic E-state index is 0.0427. The predicted octanol–water partition coefficient (Wildman–Crippen LogP) is 4.85. The number of hydrogen-bond donors (Lipinski definition) is 0. The molecule has 0 atom stereocenters. The molecule has 156 valence electrons. The van der Waals surface area contributed by atoms with Gasteiger partial charge in [0.1, 0.15) is 0 Å². The summed E-state index contributed by atoms with van der Waals surface area (Å²) in [5.74, 6) is -0.370. The molecule has 5 nitrogen and oxygen atoms in total. The number of nitrogens with zero attached hydrogens (tertiary/aromatic N) is 2. The highest BCUT2D eigenvalue weighted by Crippen LogP contribution is 2.24. The third-order valence-corrected chi connectivity index (χ3v) is 7.01. The van der Waals surface area contributed by atoms with E-state index in [1.54, 1.807) is 43.4 Å². The van der Waals surface area contributed by atoms with Crippen molar-refractivity contribution in [2.45, 2.75) is 11.4 Å². The highest BCUT2D eigenvalue weighted by molar-refractivity contribution is 7.89. The first-order valence-corrected chi connectivity index (χ1v) is 11.3. The first-order valence-electron chi connectivity index (χ1n) is 9.10. The van der Waals surface area contributed by atoms with Gasteiger partial charge in [0.25, 0.3) is 0 Å². The molecule has 0 saturated heterocycles. The number of benzene rings is 3. The summed E-state index contributed by atoms with van der Waals surface area (Å²) in [4.78, 5) is 14.4. The Hall–Kier alpha value is -2.38. The average molecular weight is 463 g/mol. The van der Waals surface area contributed by atoms with Crippen molar-refractivity contribution in [2.75, 3.05) is 18.5 Å². The molecule has 8 heteroatoms. The standard InChI is InChI=1S/C22H20Cl2N2O3S/c1-25(19-8-3-2-4-9-19)22(27)16-26(15-17-7-5-6-10-21(17)24)30(28,29)20-13-11-18(23)12-14-20/h2-14H,15-16H2,1H3. The number of likely N-dealkylation sites (N-methyl/N-ethyl adjacent to an activating group) is 1. The van der Waals surface area contributed by atoms with Crippen molar-refractivity contribution in [2.24, 2.45) is 0 Å². The van der Waals surface area contributed by atoms with Gasteiger partial charge in [-0.3, -0.25) is 4.79 Å². The maximum absolute atomic E-state index is 13.3. The molecule has 0 fully saturated rings. The van der Waals surface area contributed by atoms with Crippen LogP contribution in [0.4, 0.5) is 5.69 Å². The molecule has 0 aliphatic rings. The van der Waals surface area contributed by atoms with E-state index in [-0.39, 0.29) is 23.9 Å². The number of carbonyl (C=O) groups is 1. The summed E-state index contributed by atoms with van der Waals surface area (Å²) in [6, 6.07) is 21.8. The molecule has 0 aliphatic carbocycles. The lowest BCUT2D eigenvalue weighted by atomic mass is 10.2. The van der Waals surface area contributed by atoms with Crippen LogP contribution in [0.3, 0.4) is 0 Å². The molecule has 0 radical (unpaired) electrons. The van der Waals surface area contributed by atoms with Crippen LogP contribution in [0.25, 0.3) is 0 Å². The smallest absolute Gasteiger partial charge is 0.243 e. The second-order valence-corrected chi connectivity index (χ2v) is 9.39. The van der Waals surface area contributed by atoms with Gasteiger partial charge in [-0.05, 0) is 48.0 Å². The first kappa shape index (κ1) is 22.3.